The maximum atomic E-state index is 13.1. The second-order valence-corrected chi connectivity index (χ2v) is 5.88. The number of aryl methyl sites for hydroxylation is 1. The van der Waals surface area contributed by atoms with Crippen molar-refractivity contribution in [3.63, 3.8) is 0 Å². The van der Waals surface area contributed by atoms with Crippen molar-refractivity contribution in [2.24, 2.45) is 0 Å². The van der Waals surface area contributed by atoms with Crippen LogP contribution in [0.15, 0.2) is 36.4 Å². The van der Waals surface area contributed by atoms with Gasteiger partial charge in [0.1, 0.15) is 11.6 Å². The van der Waals surface area contributed by atoms with E-state index in [0.29, 0.717) is 0 Å². The Balaban J connectivity index is 1.50. The molecule has 6 nitrogen and oxygen atoms in total. The number of aromatic nitrogens is 4. The predicted octanol–water partition coefficient (Wildman–Crippen LogP) is 2.15. The monoisotopic (exact) mass is 326 g/mol. The fourth-order valence-electron chi connectivity index (χ4n) is 3.06. The summed E-state index contributed by atoms with van der Waals surface area (Å²) < 4.78 is 14.9. The number of rotatable bonds is 3. The zero-order valence-electron chi connectivity index (χ0n) is 13.6. The van der Waals surface area contributed by atoms with Crippen LogP contribution >= 0.6 is 0 Å². The molecule has 0 spiro atoms. The summed E-state index contributed by atoms with van der Waals surface area (Å²) in [7, 11) is 0. The molecule has 24 heavy (non-hydrogen) atoms. The van der Waals surface area contributed by atoms with Gasteiger partial charge in [0.25, 0.3) is 0 Å². The Kier molecular flexibility index (Phi) is 3.76. The molecule has 4 rings (SSSR count). The molecule has 7 heteroatoms. The van der Waals surface area contributed by atoms with Crippen molar-refractivity contribution in [2.75, 3.05) is 36.0 Å². The largest absolute Gasteiger partial charge is 0.368 e. The lowest BCUT2D eigenvalue weighted by Gasteiger charge is -2.36. The number of piperazine rings is 1. The van der Waals surface area contributed by atoms with Crippen LogP contribution in [0.4, 0.5) is 15.9 Å². The van der Waals surface area contributed by atoms with Crippen molar-refractivity contribution in [1.29, 1.82) is 0 Å². The van der Waals surface area contributed by atoms with E-state index in [-0.39, 0.29) is 5.82 Å². The van der Waals surface area contributed by atoms with Crippen LogP contribution in [0.3, 0.4) is 0 Å². The van der Waals surface area contributed by atoms with E-state index in [1.165, 1.54) is 12.1 Å². The van der Waals surface area contributed by atoms with Crippen LogP contribution in [-0.4, -0.2) is 46.0 Å². The number of fused-ring (bicyclic) bond motifs is 1. The zero-order valence-corrected chi connectivity index (χ0v) is 13.6. The summed E-state index contributed by atoms with van der Waals surface area (Å²) in [6, 6.07) is 10.6. The van der Waals surface area contributed by atoms with Gasteiger partial charge in [-0.25, -0.2) is 4.39 Å². The van der Waals surface area contributed by atoms with E-state index in [2.05, 4.69) is 25.1 Å². The van der Waals surface area contributed by atoms with E-state index in [4.69, 9.17) is 0 Å². The molecule has 0 amide bonds. The van der Waals surface area contributed by atoms with Gasteiger partial charge in [-0.3, -0.25) is 0 Å². The molecule has 3 aromatic rings. The summed E-state index contributed by atoms with van der Waals surface area (Å²) in [6.07, 6.45) is 0.802. The third kappa shape index (κ3) is 2.66. The topological polar surface area (TPSA) is 49.6 Å². The molecular weight excluding hydrogens is 307 g/mol. The highest BCUT2D eigenvalue weighted by Crippen LogP contribution is 2.20. The standard InChI is InChI=1S/C17H19FN6/c1-2-15-19-20-16-7-8-17(21-24(15)16)23-11-9-22(10-12-23)14-5-3-13(18)4-6-14/h3-8H,2,9-12H2,1H3. The van der Waals surface area contributed by atoms with Crippen molar-refractivity contribution < 1.29 is 4.39 Å². The van der Waals surface area contributed by atoms with Crippen LogP contribution in [0, 0.1) is 5.82 Å². The summed E-state index contributed by atoms with van der Waals surface area (Å²) in [4.78, 5) is 4.53. The lowest BCUT2D eigenvalue weighted by Crippen LogP contribution is -2.47. The first-order valence-corrected chi connectivity index (χ1v) is 8.21. The van der Waals surface area contributed by atoms with Crippen LogP contribution < -0.4 is 9.80 Å². The third-order valence-electron chi connectivity index (χ3n) is 4.42. The summed E-state index contributed by atoms with van der Waals surface area (Å²) in [5.74, 6) is 1.61. The Hall–Kier alpha value is -2.70. The minimum Gasteiger partial charge on any atom is -0.368 e. The molecule has 1 aliphatic heterocycles. The third-order valence-corrected chi connectivity index (χ3v) is 4.42. The Morgan fingerprint density at radius 2 is 1.62 bits per heavy atom. The molecule has 0 unspecified atom stereocenters. The van der Waals surface area contributed by atoms with E-state index < -0.39 is 0 Å². The highest BCUT2D eigenvalue weighted by atomic mass is 19.1. The van der Waals surface area contributed by atoms with Crippen LogP contribution in [0.2, 0.25) is 0 Å². The predicted molar refractivity (Wildman–Crippen MR) is 91.0 cm³/mol. The van der Waals surface area contributed by atoms with Gasteiger partial charge < -0.3 is 9.80 Å². The normalized spacial score (nSPS) is 15.2. The molecule has 3 heterocycles. The zero-order chi connectivity index (χ0) is 16.5. The molecule has 124 valence electrons. The molecule has 1 aromatic carbocycles. The molecule has 1 saturated heterocycles. The number of nitrogens with zero attached hydrogens (tertiary/aromatic N) is 6. The summed E-state index contributed by atoms with van der Waals surface area (Å²) in [6.45, 7) is 5.56. The molecule has 0 atom stereocenters. The maximum Gasteiger partial charge on any atom is 0.178 e. The molecule has 0 radical (unpaired) electrons. The lowest BCUT2D eigenvalue weighted by atomic mass is 10.2. The van der Waals surface area contributed by atoms with Gasteiger partial charge in [0.2, 0.25) is 0 Å². The Morgan fingerprint density at radius 1 is 0.917 bits per heavy atom. The first-order valence-electron chi connectivity index (χ1n) is 8.21. The van der Waals surface area contributed by atoms with Crippen molar-refractivity contribution in [2.45, 2.75) is 13.3 Å². The van der Waals surface area contributed by atoms with Crippen LogP contribution in [-0.2, 0) is 6.42 Å². The van der Waals surface area contributed by atoms with E-state index >= 15 is 0 Å². The van der Waals surface area contributed by atoms with E-state index in [0.717, 1.165) is 55.6 Å². The summed E-state index contributed by atoms with van der Waals surface area (Å²) in [5.41, 5.74) is 1.84. The second-order valence-electron chi connectivity index (χ2n) is 5.88. The van der Waals surface area contributed by atoms with Crippen molar-refractivity contribution in [1.82, 2.24) is 19.8 Å². The highest BCUT2D eigenvalue weighted by Gasteiger charge is 2.19. The quantitative estimate of drug-likeness (QED) is 0.738. The molecule has 0 aliphatic carbocycles. The van der Waals surface area contributed by atoms with Gasteiger partial charge in [-0.1, -0.05) is 6.92 Å². The minimum absolute atomic E-state index is 0.199. The van der Waals surface area contributed by atoms with Crippen molar-refractivity contribution in [3.05, 3.63) is 48.0 Å². The second kappa shape index (κ2) is 6.07. The average molecular weight is 326 g/mol. The van der Waals surface area contributed by atoms with Gasteiger partial charge in [-0.15, -0.1) is 15.3 Å². The fourth-order valence-corrected chi connectivity index (χ4v) is 3.06. The first-order chi connectivity index (χ1) is 11.7. The number of benzene rings is 1. The van der Waals surface area contributed by atoms with Gasteiger partial charge >= 0.3 is 0 Å². The van der Waals surface area contributed by atoms with E-state index in [1.54, 1.807) is 0 Å². The average Bonchev–Trinajstić information content (AvgIpc) is 3.05. The van der Waals surface area contributed by atoms with Crippen LogP contribution in [0.1, 0.15) is 12.7 Å². The van der Waals surface area contributed by atoms with Gasteiger partial charge in [-0.2, -0.15) is 4.52 Å². The van der Waals surface area contributed by atoms with Crippen molar-refractivity contribution in [3.8, 4) is 0 Å². The molecule has 1 fully saturated rings. The number of hydrogen-bond acceptors (Lipinski definition) is 5. The molecule has 2 aromatic heterocycles. The first kappa shape index (κ1) is 14.9. The molecular formula is C17H19FN6. The smallest absolute Gasteiger partial charge is 0.178 e. The Bertz CT molecular complexity index is 836. The van der Waals surface area contributed by atoms with Crippen LogP contribution in [0.5, 0.6) is 0 Å². The summed E-state index contributed by atoms with van der Waals surface area (Å²) in [5, 5.41) is 13.0. The molecule has 1 aliphatic rings. The number of hydrogen-bond donors (Lipinski definition) is 0. The van der Waals surface area contributed by atoms with E-state index in [1.807, 2.05) is 35.7 Å². The highest BCUT2D eigenvalue weighted by molar-refractivity contribution is 5.50. The van der Waals surface area contributed by atoms with Gasteiger partial charge in [0, 0.05) is 38.3 Å². The molecule has 0 N–H and O–H groups in total. The summed E-state index contributed by atoms with van der Waals surface area (Å²) >= 11 is 0. The lowest BCUT2D eigenvalue weighted by molar-refractivity contribution is 0.623. The Morgan fingerprint density at radius 3 is 2.33 bits per heavy atom. The van der Waals surface area contributed by atoms with Crippen LogP contribution in [0.25, 0.3) is 5.65 Å². The van der Waals surface area contributed by atoms with Gasteiger partial charge in [0.15, 0.2) is 11.5 Å². The fraction of sp³-hybridized carbons (Fsp3) is 0.353. The molecule has 0 bridgehead atoms. The van der Waals surface area contributed by atoms with Gasteiger partial charge in [-0.05, 0) is 36.4 Å². The van der Waals surface area contributed by atoms with E-state index in [9.17, 15) is 4.39 Å². The minimum atomic E-state index is -0.199. The van der Waals surface area contributed by atoms with Crippen molar-refractivity contribution >= 4 is 17.2 Å². The van der Waals surface area contributed by atoms with Gasteiger partial charge in [0.05, 0.1) is 0 Å². The SMILES string of the molecule is CCc1nnc2ccc(N3CCN(c4ccc(F)cc4)CC3)nn12. The number of anilines is 2. The number of halogens is 1. The maximum absolute atomic E-state index is 13.1. The Labute approximate surface area is 139 Å². The molecule has 0 saturated carbocycles.